The van der Waals surface area contributed by atoms with E-state index in [-0.39, 0.29) is 0 Å². The van der Waals surface area contributed by atoms with Gasteiger partial charge < -0.3 is 10.3 Å². The van der Waals surface area contributed by atoms with Crippen LogP contribution in [0.5, 0.6) is 0 Å². The van der Waals surface area contributed by atoms with Crippen LogP contribution in [-0.2, 0) is 0 Å². The minimum atomic E-state index is 0.396. The van der Waals surface area contributed by atoms with Gasteiger partial charge in [-0.05, 0) is 37.8 Å². The number of hydrogen-bond donors (Lipinski definition) is 0. The first-order chi connectivity index (χ1) is 4.88. The Morgan fingerprint density at radius 1 is 0.900 bits per heavy atom. The second-order valence-electron chi connectivity index (χ2n) is 3.53. The lowest BCUT2D eigenvalue weighted by molar-refractivity contribution is 0.271. The van der Waals surface area contributed by atoms with Crippen LogP contribution >= 0.6 is 0 Å². The van der Waals surface area contributed by atoms with Gasteiger partial charge in [-0.25, -0.2) is 0 Å². The zero-order valence-electron chi connectivity index (χ0n) is 6.25. The summed E-state index contributed by atoms with van der Waals surface area (Å²) in [7, 11) is 0. The van der Waals surface area contributed by atoms with Crippen LogP contribution in [0.3, 0.4) is 0 Å². The van der Waals surface area contributed by atoms with Crippen molar-refractivity contribution in [2.45, 2.75) is 50.6 Å². The predicted molar refractivity (Wildman–Crippen MR) is 40.5 cm³/mol. The summed E-state index contributed by atoms with van der Waals surface area (Å²) in [6.45, 7) is 0. The molecule has 2 nitrogen and oxygen atoms in total. The maximum Gasteiger partial charge on any atom is -0.00230 e. The lowest BCUT2D eigenvalue weighted by atomic mass is 10.2. The maximum atomic E-state index is 11.3. The Morgan fingerprint density at radius 3 is 1.90 bits per heavy atom. The van der Waals surface area contributed by atoms with Crippen LogP contribution in [-0.4, -0.2) is 17.1 Å². The Morgan fingerprint density at radius 2 is 1.40 bits per heavy atom. The fourth-order valence-corrected chi connectivity index (χ4v) is 1.79. The molecule has 0 amide bonds. The molecule has 10 heavy (non-hydrogen) atoms. The SMILES string of the molecule is [O-]N(C1CCCC1)C1CC1. The summed E-state index contributed by atoms with van der Waals surface area (Å²) in [5.74, 6) is 0. The van der Waals surface area contributed by atoms with Gasteiger partial charge >= 0.3 is 0 Å². The third kappa shape index (κ3) is 1.18. The van der Waals surface area contributed by atoms with Gasteiger partial charge in [0.2, 0.25) is 0 Å². The summed E-state index contributed by atoms with van der Waals surface area (Å²) in [6, 6.07) is 0.815. The summed E-state index contributed by atoms with van der Waals surface area (Å²) >= 11 is 0. The Hall–Kier alpha value is -0.0800. The zero-order chi connectivity index (χ0) is 6.97. The van der Waals surface area contributed by atoms with Crippen LogP contribution in [0.1, 0.15) is 38.5 Å². The van der Waals surface area contributed by atoms with E-state index < -0.39 is 0 Å². The second-order valence-corrected chi connectivity index (χ2v) is 3.53. The van der Waals surface area contributed by atoms with Gasteiger partial charge in [0.05, 0.1) is 0 Å². The normalized spacial score (nSPS) is 28.2. The first kappa shape index (κ1) is 6.62. The smallest absolute Gasteiger partial charge is 0.00230 e. The van der Waals surface area contributed by atoms with Crippen molar-refractivity contribution < 1.29 is 0 Å². The van der Waals surface area contributed by atoms with Crippen LogP contribution in [0.25, 0.3) is 0 Å². The van der Waals surface area contributed by atoms with Crippen molar-refractivity contribution in [2.75, 3.05) is 0 Å². The molecule has 0 bridgehead atoms. The first-order valence-corrected chi connectivity index (χ1v) is 4.33. The highest BCUT2D eigenvalue weighted by molar-refractivity contribution is 4.90. The molecule has 0 heterocycles. The molecule has 58 valence electrons. The van der Waals surface area contributed by atoms with Gasteiger partial charge in [-0.1, -0.05) is 12.8 Å². The molecular formula is C8H14NO-. The highest BCUT2D eigenvalue weighted by atomic mass is 16.5. The fraction of sp³-hybridized carbons (Fsp3) is 1.00. The van der Waals surface area contributed by atoms with Crippen LogP contribution in [0.15, 0.2) is 0 Å². The summed E-state index contributed by atoms with van der Waals surface area (Å²) in [5, 5.41) is 12.7. The Bertz CT molecular complexity index is 116. The third-order valence-electron chi connectivity index (χ3n) is 2.59. The third-order valence-corrected chi connectivity index (χ3v) is 2.59. The van der Waals surface area contributed by atoms with Crippen LogP contribution in [0, 0.1) is 5.21 Å². The molecule has 0 spiro atoms. The highest BCUT2D eigenvalue weighted by Crippen LogP contribution is 2.33. The number of hydrogen-bond acceptors (Lipinski definition) is 2. The zero-order valence-corrected chi connectivity index (χ0v) is 6.25. The molecule has 2 rings (SSSR count). The van der Waals surface area contributed by atoms with E-state index in [9.17, 15) is 5.21 Å². The monoisotopic (exact) mass is 140 g/mol. The van der Waals surface area contributed by atoms with Crippen LogP contribution in [0.4, 0.5) is 0 Å². The summed E-state index contributed by atoms with van der Waals surface area (Å²) in [4.78, 5) is 0. The average Bonchev–Trinajstić information content (AvgIpc) is 2.65. The largest absolute Gasteiger partial charge is 0.785 e. The molecule has 2 aliphatic carbocycles. The van der Waals surface area contributed by atoms with Crippen molar-refractivity contribution >= 4 is 0 Å². The molecule has 0 N–H and O–H groups in total. The average molecular weight is 140 g/mol. The van der Waals surface area contributed by atoms with E-state index in [2.05, 4.69) is 0 Å². The van der Waals surface area contributed by atoms with Gasteiger partial charge in [-0.3, -0.25) is 0 Å². The van der Waals surface area contributed by atoms with Crippen molar-refractivity contribution in [3.05, 3.63) is 5.21 Å². The molecule has 0 aliphatic heterocycles. The molecule has 0 aromatic carbocycles. The van der Waals surface area contributed by atoms with Crippen molar-refractivity contribution in [3.8, 4) is 0 Å². The topological polar surface area (TPSA) is 26.3 Å². The van der Waals surface area contributed by atoms with Gasteiger partial charge in [-0.2, -0.15) is 0 Å². The number of hydroxylamine groups is 2. The summed E-state index contributed by atoms with van der Waals surface area (Å²) in [5.41, 5.74) is 0. The van der Waals surface area contributed by atoms with Gasteiger partial charge in [0.15, 0.2) is 0 Å². The van der Waals surface area contributed by atoms with E-state index in [1.165, 1.54) is 17.9 Å². The maximum absolute atomic E-state index is 11.3. The highest BCUT2D eigenvalue weighted by Gasteiger charge is 2.28. The molecular weight excluding hydrogens is 126 g/mol. The molecule has 2 saturated carbocycles. The van der Waals surface area contributed by atoms with E-state index >= 15 is 0 Å². The summed E-state index contributed by atoms with van der Waals surface area (Å²) < 4.78 is 0. The molecule has 2 aliphatic rings. The number of nitrogens with zero attached hydrogens (tertiary/aromatic N) is 1. The molecule has 2 heteroatoms. The molecule has 0 saturated heterocycles. The van der Waals surface area contributed by atoms with E-state index in [1.54, 1.807) is 0 Å². The Balaban J connectivity index is 1.84. The first-order valence-electron chi connectivity index (χ1n) is 4.33. The molecule has 0 aromatic rings. The molecule has 0 aromatic heterocycles. The van der Waals surface area contributed by atoms with Crippen LogP contribution in [0.2, 0.25) is 0 Å². The van der Waals surface area contributed by atoms with E-state index in [1.807, 2.05) is 0 Å². The Labute approximate surface area is 61.8 Å². The number of rotatable bonds is 2. The van der Waals surface area contributed by atoms with E-state index in [0.717, 1.165) is 25.7 Å². The van der Waals surface area contributed by atoms with Gasteiger partial charge in [0.25, 0.3) is 0 Å². The minimum absolute atomic E-state index is 0.396. The van der Waals surface area contributed by atoms with Crippen molar-refractivity contribution in [3.63, 3.8) is 0 Å². The molecule has 0 unspecified atom stereocenters. The molecule has 0 radical (unpaired) electrons. The fourth-order valence-electron chi connectivity index (χ4n) is 1.79. The minimum Gasteiger partial charge on any atom is -0.785 e. The van der Waals surface area contributed by atoms with Crippen molar-refractivity contribution in [1.82, 2.24) is 5.06 Å². The molecule has 2 fully saturated rings. The molecule has 0 atom stereocenters. The van der Waals surface area contributed by atoms with Gasteiger partial charge in [0, 0.05) is 0 Å². The standard InChI is InChI=1S/C8H14NO/c10-9(8-5-6-8)7-3-1-2-4-7/h7-8H,1-6H2/q-1. The quantitative estimate of drug-likeness (QED) is 0.547. The predicted octanol–water partition coefficient (Wildman–Crippen LogP) is 1.89. The lowest BCUT2D eigenvalue weighted by Crippen LogP contribution is -2.29. The lowest BCUT2D eigenvalue weighted by Gasteiger charge is -2.34. The summed E-state index contributed by atoms with van der Waals surface area (Å²) in [6.07, 6.45) is 7.16. The van der Waals surface area contributed by atoms with Gasteiger partial charge in [-0.15, -0.1) is 0 Å². The second kappa shape index (κ2) is 2.51. The van der Waals surface area contributed by atoms with E-state index in [0.29, 0.717) is 12.1 Å². The van der Waals surface area contributed by atoms with Crippen molar-refractivity contribution in [2.24, 2.45) is 0 Å². The van der Waals surface area contributed by atoms with Crippen LogP contribution < -0.4 is 0 Å². The van der Waals surface area contributed by atoms with Gasteiger partial charge in [0.1, 0.15) is 0 Å². The van der Waals surface area contributed by atoms with E-state index in [4.69, 9.17) is 0 Å². The van der Waals surface area contributed by atoms with Crippen molar-refractivity contribution in [1.29, 1.82) is 0 Å². The Kier molecular flexibility index (Phi) is 1.66.